The zero-order chi connectivity index (χ0) is 27.2. The van der Waals surface area contributed by atoms with Gasteiger partial charge in [-0.2, -0.15) is 0 Å². The maximum atomic E-state index is 13.5. The van der Waals surface area contributed by atoms with E-state index in [0.29, 0.717) is 23.2 Å². The molecule has 3 aromatic rings. The highest BCUT2D eigenvalue weighted by Gasteiger charge is 2.35. The smallest absolute Gasteiger partial charge is 0.329 e. The molecule has 0 aromatic heterocycles. The second-order valence-electron chi connectivity index (χ2n) is 8.39. The first-order valence-electron chi connectivity index (χ1n) is 11.8. The molecule has 0 unspecified atom stereocenters. The van der Waals surface area contributed by atoms with Crippen molar-refractivity contribution in [3.8, 4) is 11.5 Å². The van der Waals surface area contributed by atoms with Gasteiger partial charge in [-0.15, -0.1) is 0 Å². The lowest BCUT2D eigenvalue weighted by molar-refractivity contribution is -0.127. The zero-order valence-electron chi connectivity index (χ0n) is 20.7. The maximum Gasteiger partial charge on any atom is 0.329 e. The number of urea groups is 1. The standard InChI is InChI=1S/C28H25ClFN3O5/c1-3-19-8-4-5-10-22(19)31-25(34)15-33-27(35)23(32-28(33)36)13-18-12-21(29)26(24(14-18)37-2)38-16-17-7-6-9-20(30)11-17/h4-14H,3,15-16H2,1-2H3,(H,31,34)(H,32,36)/b23-13+. The first-order chi connectivity index (χ1) is 18.3. The van der Waals surface area contributed by atoms with Crippen LogP contribution in [0.3, 0.4) is 0 Å². The predicted molar refractivity (Wildman–Crippen MR) is 141 cm³/mol. The number of rotatable bonds is 9. The normalized spacial score (nSPS) is 14.0. The van der Waals surface area contributed by atoms with E-state index in [0.717, 1.165) is 10.5 Å². The van der Waals surface area contributed by atoms with Crippen LogP contribution in [0.25, 0.3) is 6.08 Å². The van der Waals surface area contributed by atoms with E-state index in [1.807, 2.05) is 19.1 Å². The number of anilines is 1. The Morgan fingerprint density at radius 2 is 1.92 bits per heavy atom. The minimum Gasteiger partial charge on any atom is -0.493 e. The van der Waals surface area contributed by atoms with E-state index in [4.69, 9.17) is 21.1 Å². The van der Waals surface area contributed by atoms with Crippen molar-refractivity contribution in [3.63, 3.8) is 0 Å². The molecule has 4 rings (SSSR count). The number of carbonyl (C=O) groups excluding carboxylic acids is 3. The molecular formula is C28H25ClFN3O5. The van der Waals surface area contributed by atoms with Crippen molar-refractivity contribution >= 4 is 41.2 Å². The number of aryl methyl sites for hydroxylation is 1. The molecule has 8 nitrogen and oxygen atoms in total. The van der Waals surface area contributed by atoms with E-state index in [-0.39, 0.29) is 34.6 Å². The summed E-state index contributed by atoms with van der Waals surface area (Å²) in [5, 5.41) is 5.42. The van der Waals surface area contributed by atoms with Gasteiger partial charge >= 0.3 is 6.03 Å². The van der Waals surface area contributed by atoms with Crippen LogP contribution in [0.1, 0.15) is 23.6 Å². The Bertz CT molecular complexity index is 1430. The SMILES string of the molecule is CCc1ccccc1NC(=O)CN1C(=O)N/C(=C/c2cc(Cl)c(OCc3cccc(F)c3)c(OC)c2)C1=O. The van der Waals surface area contributed by atoms with Crippen molar-refractivity contribution < 1.29 is 28.2 Å². The monoisotopic (exact) mass is 537 g/mol. The molecule has 10 heteroatoms. The van der Waals surface area contributed by atoms with E-state index in [2.05, 4.69) is 10.6 Å². The van der Waals surface area contributed by atoms with Gasteiger partial charge in [-0.1, -0.05) is 48.9 Å². The third-order valence-electron chi connectivity index (χ3n) is 5.77. The summed E-state index contributed by atoms with van der Waals surface area (Å²) in [6.07, 6.45) is 2.14. The Balaban J connectivity index is 1.47. The molecule has 1 heterocycles. The number of nitrogens with one attached hydrogen (secondary N) is 2. The average molecular weight is 538 g/mol. The number of nitrogens with zero attached hydrogens (tertiary/aromatic N) is 1. The second kappa shape index (κ2) is 11.8. The van der Waals surface area contributed by atoms with Gasteiger partial charge < -0.3 is 20.1 Å². The highest BCUT2D eigenvalue weighted by atomic mass is 35.5. The van der Waals surface area contributed by atoms with Crippen molar-refractivity contribution in [2.24, 2.45) is 0 Å². The summed E-state index contributed by atoms with van der Waals surface area (Å²) in [7, 11) is 1.43. The van der Waals surface area contributed by atoms with Crippen molar-refractivity contribution in [1.29, 1.82) is 0 Å². The van der Waals surface area contributed by atoms with Crippen LogP contribution in [-0.2, 0) is 22.6 Å². The Morgan fingerprint density at radius 1 is 1.13 bits per heavy atom. The average Bonchev–Trinajstić information content (AvgIpc) is 3.15. The predicted octanol–water partition coefficient (Wildman–Crippen LogP) is 5.16. The molecule has 38 heavy (non-hydrogen) atoms. The van der Waals surface area contributed by atoms with Crippen LogP contribution in [0, 0.1) is 5.82 Å². The molecule has 1 aliphatic heterocycles. The van der Waals surface area contributed by atoms with Gasteiger partial charge in [0, 0.05) is 5.69 Å². The van der Waals surface area contributed by atoms with Gasteiger partial charge in [0.25, 0.3) is 5.91 Å². The Morgan fingerprint density at radius 3 is 2.66 bits per heavy atom. The summed E-state index contributed by atoms with van der Waals surface area (Å²) in [5.74, 6) is -1.02. The molecule has 1 fully saturated rings. The summed E-state index contributed by atoms with van der Waals surface area (Å²) in [5.41, 5.74) is 2.60. The van der Waals surface area contributed by atoms with Crippen LogP contribution in [0.15, 0.2) is 66.4 Å². The Hall–Kier alpha value is -4.37. The van der Waals surface area contributed by atoms with E-state index in [1.165, 1.54) is 31.4 Å². The number of imide groups is 1. The Kier molecular flexibility index (Phi) is 8.28. The van der Waals surface area contributed by atoms with E-state index in [9.17, 15) is 18.8 Å². The van der Waals surface area contributed by atoms with Gasteiger partial charge in [-0.3, -0.25) is 9.59 Å². The fourth-order valence-corrected chi connectivity index (χ4v) is 4.18. The second-order valence-corrected chi connectivity index (χ2v) is 8.80. The highest BCUT2D eigenvalue weighted by molar-refractivity contribution is 6.32. The number of ether oxygens (including phenoxy) is 2. The van der Waals surface area contributed by atoms with Crippen molar-refractivity contribution in [1.82, 2.24) is 10.2 Å². The van der Waals surface area contributed by atoms with E-state index in [1.54, 1.807) is 30.3 Å². The van der Waals surface area contributed by atoms with Crippen LogP contribution in [0.2, 0.25) is 5.02 Å². The van der Waals surface area contributed by atoms with E-state index < -0.39 is 24.4 Å². The molecule has 0 spiro atoms. The fraction of sp³-hybridized carbons (Fsp3) is 0.179. The summed E-state index contributed by atoms with van der Waals surface area (Å²) in [4.78, 5) is 38.8. The lowest BCUT2D eigenvalue weighted by Gasteiger charge is -2.14. The number of carbonyl (C=O) groups is 3. The van der Waals surface area contributed by atoms with Crippen molar-refractivity contribution in [2.45, 2.75) is 20.0 Å². The number of amides is 4. The summed E-state index contributed by atoms with van der Waals surface area (Å²) < 4.78 is 24.6. The van der Waals surface area contributed by atoms with E-state index >= 15 is 0 Å². The van der Waals surface area contributed by atoms with Gasteiger partial charge in [0.2, 0.25) is 5.91 Å². The molecule has 1 aliphatic rings. The molecule has 3 aromatic carbocycles. The summed E-state index contributed by atoms with van der Waals surface area (Å²) in [6.45, 7) is 1.57. The molecule has 0 atom stereocenters. The lowest BCUT2D eigenvalue weighted by Crippen LogP contribution is -2.38. The minimum atomic E-state index is -0.715. The minimum absolute atomic E-state index is 0.0247. The number of halogens is 2. The summed E-state index contributed by atoms with van der Waals surface area (Å²) in [6, 6.07) is 15.7. The fourth-order valence-electron chi connectivity index (χ4n) is 3.91. The van der Waals surface area contributed by atoms with Gasteiger partial charge in [-0.05, 0) is 59.5 Å². The number of hydrogen-bond acceptors (Lipinski definition) is 5. The van der Waals surface area contributed by atoms with Gasteiger partial charge in [0.05, 0.1) is 12.1 Å². The molecule has 4 amide bonds. The van der Waals surface area contributed by atoms with Gasteiger partial charge in [-0.25, -0.2) is 14.1 Å². The van der Waals surface area contributed by atoms with Crippen LogP contribution >= 0.6 is 11.6 Å². The van der Waals surface area contributed by atoms with Crippen LogP contribution in [0.5, 0.6) is 11.5 Å². The first-order valence-corrected chi connectivity index (χ1v) is 12.1. The molecule has 0 radical (unpaired) electrons. The van der Waals surface area contributed by atoms with Crippen molar-refractivity contribution in [2.75, 3.05) is 19.0 Å². The van der Waals surface area contributed by atoms with Crippen LogP contribution < -0.4 is 20.1 Å². The third-order valence-corrected chi connectivity index (χ3v) is 6.05. The molecule has 0 aliphatic carbocycles. The zero-order valence-corrected chi connectivity index (χ0v) is 21.5. The topological polar surface area (TPSA) is 97.0 Å². The lowest BCUT2D eigenvalue weighted by atomic mass is 10.1. The molecule has 1 saturated heterocycles. The number of benzene rings is 3. The molecular weight excluding hydrogens is 513 g/mol. The maximum absolute atomic E-state index is 13.5. The Labute approximate surface area is 224 Å². The summed E-state index contributed by atoms with van der Waals surface area (Å²) >= 11 is 6.42. The molecule has 0 bridgehead atoms. The number of methoxy groups -OCH3 is 1. The molecule has 0 saturated carbocycles. The first kappa shape index (κ1) is 26.7. The largest absolute Gasteiger partial charge is 0.493 e. The number of hydrogen-bond donors (Lipinski definition) is 2. The molecule has 2 N–H and O–H groups in total. The van der Waals surface area contributed by atoms with Crippen LogP contribution in [-0.4, -0.2) is 36.4 Å². The number of para-hydroxylation sites is 1. The third kappa shape index (κ3) is 6.12. The van der Waals surface area contributed by atoms with Crippen LogP contribution in [0.4, 0.5) is 14.9 Å². The van der Waals surface area contributed by atoms with Gasteiger partial charge in [0.15, 0.2) is 11.5 Å². The quantitative estimate of drug-likeness (QED) is 0.290. The van der Waals surface area contributed by atoms with Crippen molar-refractivity contribution in [3.05, 3.63) is 93.9 Å². The van der Waals surface area contributed by atoms with Gasteiger partial charge in [0.1, 0.15) is 24.7 Å². The molecule has 196 valence electrons. The highest BCUT2D eigenvalue weighted by Crippen LogP contribution is 2.37.